The van der Waals surface area contributed by atoms with Gasteiger partial charge in [0.2, 0.25) is 17.3 Å². The highest BCUT2D eigenvalue weighted by atomic mass is 16.5. The van der Waals surface area contributed by atoms with Crippen LogP contribution in [0.2, 0.25) is 0 Å². The van der Waals surface area contributed by atoms with Crippen molar-refractivity contribution in [2.75, 3.05) is 6.54 Å². The lowest BCUT2D eigenvalue weighted by Gasteiger charge is -2.70. The van der Waals surface area contributed by atoms with Crippen LogP contribution in [0.5, 0.6) is 0 Å². The van der Waals surface area contributed by atoms with Gasteiger partial charge in [0.15, 0.2) is 0 Å². The van der Waals surface area contributed by atoms with Crippen LogP contribution in [0.4, 0.5) is 5.69 Å². The third-order valence-electron chi connectivity index (χ3n) is 10.4. The van der Waals surface area contributed by atoms with E-state index in [1.54, 1.807) is 0 Å². The summed E-state index contributed by atoms with van der Waals surface area (Å²) >= 11 is 0. The summed E-state index contributed by atoms with van der Waals surface area (Å²) in [6.45, 7) is 4.78. The molecule has 5 atom stereocenters. The summed E-state index contributed by atoms with van der Waals surface area (Å²) in [4.78, 5) is 28.4. The first-order valence-corrected chi connectivity index (χ1v) is 14.0. The van der Waals surface area contributed by atoms with Crippen molar-refractivity contribution in [3.63, 3.8) is 0 Å². The van der Waals surface area contributed by atoms with Gasteiger partial charge < -0.3 is 14.9 Å². The molecule has 5 heterocycles. The Labute approximate surface area is 228 Å². The topological polar surface area (TPSA) is 75.5 Å². The number of amides is 1. The number of piperazine rings is 1. The van der Waals surface area contributed by atoms with Gasteiger partial charge in [0.05, 0.1) is 22.1 Å². The largest absolute Gasteiger partial charge is 0.618 e. The highest BCUT2D eigenvalue weighted by Crippen LogP contribution is 2.62. The number of piperidine rings is 1. The quantitative estimate of drug-likeness (QED) is 0.363. The molecular weight excluding hydrogens is 486 g/mol. The molecule has 2 aromatic carbocycles. The molecule has 0 saturated carbocycles. The monoisotopic (exact) mass is 517 g/mol. The van der Waals surface area contributed by atoms with Crippen molar-refractivity contribution in [2.45, 2.75) is 56.1 Å². The second-order valence-electron chi connectivity index (χ2n) is 12.5. The Morgan fingerprint density at radius 2 is 1.90 bits per heavy atom. The second-order valence-corrected chi connectivity index (χ2v) is 12.5. The molecule has 2 aromatic rings. The van der Waals surface area contributed by atoms with Gasteiger partial charge in [-0.1, -0.05) is 54.6 Å². The van der Waals surface area contributed by atoms with E-state index in [-0.39, 0.29) is 23.8 Å². The minimum Gasteiger partial charge on any atom is -0.618 e. The van der Waals surface area contributed by atoms with Crippen molar-refractivity contribution in [2.24, 2.45) is 11.3 Å². The maximum atomic E-state index is 14.3. The number of fused-ring (bicyclic) bond motifs is 3. The Morgan fingerprint density at radius 1 is 1.10 bits per heavy atom. The van der Waals surface area contributed by atoms with E-state index in [0.29, 0.717) is 24.4 Å². The summed E-state index contributed by atoms with van der Waals surface area (Å²) in [6.07, 6.45) is 12.0. The smallest absolute Gasteiger partial charge is 0.248 e. The van der Waals surface area contributed by atoms with Gasteiger partial charge in [0, 0.05) is 24.4 Å². The number of nitrogens with zero attached hydrogens (tertiary/aromatic N) is 2. The Balaban J connectivity index is 1.29. The first-order chi connectivity index (χ1) is 18.8. The van der Waals surface area contributed by atoms with E-state index in [1.165, 1.54) is 5.56 Å². The third kappa shape index (κ3) is 2.63. The van der Waals surface area contributed by atoms with Crippen LogP contribution in [-0.2, 0) is 9.59 Å². The standard InChI is InChI=1S/C33H31N3O3/c1-31(2)27-28-32(19-37)15-8-16-35(32)30(38)33(27,34-28)18-25-24-14-7-13-23(26(24)36(39)29(25)31)22-12-6-11-21(17-22)20-9-4-3-5-10-20/h3-7,9-10,12-14,17-19,21,27-28,34H,8,11,15-16H2,1-2H3/t21?,27?,28?,32-,33+/m1/s1. The zero-order valence-electron chi connectivity index (χ0n) is 22.2. The zero-order valence-corrected chi connectivity index (χ0v) is 22.2. The Morgan fingerprint density at radius 3 is 2.69 bits per heavy atom. The average molecular weight is 518 g/mol. The van der Waals surface area contributed by atoms with Crippen LogP contribution < -0.4 is 5.32 Å². The molecule has 1 amide bonds. The fraction of sp³-hybridized carbons (Fsp3) is 0.364. The second kappa shape index (κ2) is 7.45. The van der Waals surface area contributed by atoms with Crippen molar-refractivity contribution >= 4 is 34.7 Å². The van der Waals surface area contributed by atoms with Gasteiger partial charge in [-0.05, 0) is 62.5 Å². The average Bonchev–Trinajstić information content (AvgIpc) is 3.51. The molecule has 4 fully saturated rings. The molecule has 4 saturated heterocycles. The van der Waals surface area contributed by atoms with Gasteiger partial charge in [-0.3, -0.25) is 10.1 Å². The maximum absolute atomic E-state index is 14.3. The zero-order chi connectivity index (χ0) is 26.7. The molecule has 39 heavy (non-hydrogen) atoms. The molecule has 1 N–H and O–H groups in total. The minimum absolute atomic E-state index is 0.0232. The molecule has 6 nitrogen and oxygen atoms in total. The number of rotatable bonds is 3. The summed E-state index contributed by atoms with van der Waals surface area (Å²) in [5.74, 6) is 0.0594. The number of benzene rings is 2. The molecule has 3 unspecified atom stereocenters. The molecule has 0 aromatic heterocycles. The lowest BCUT2D eigenvalue weighted by molar-refractivity contribution is -0.363. The maximum Gasteiger partial charge on any atom is 0.248 e. The molecule has 2 bridgehead atoms. The van der Waals surface area contributed by atoms with E-state index in [1.807, 2.05) is 35.2 Å². The van der Waals surface area contributed by atoms with Gasteiger partial charge in [-0.25, -0.2) is 0 Å². The van der Waals surface area contributed by atoms with Gasteiger partial charge in [0.1, 0.15) is 17.4 Å². The van der Waals surface area contributed by atoms with Crippen LogP contribution in [0.15, 0.2) is 72.8 Å². The number of carbonyl (C=O) groups is 2. The fourth-order valence-electron chi connectivity index (χ4n) is 8.77. The normalized spacial score (nSPS) is 34.9. The van der Waals surface area contributed by atoms with Crippen molar-refractivity contribution in [3.8, 4) is 0 Å². The van der Waals surface area contributed by atoms with Gasteiger partial charge in [0.25, 0.3) is 0 Å². The molecular formula is C33H31N3O3. The first kappa shape index (κ1) is 23.1. The number of aldehydes is 1. The number of hydrogen-bond acceptors (Lipinski definition) is 4. The van der Waals surface area contributed by atoms with E-state index < -0.39 is 16.5 Å². The number of allylic oxidation sites excluding steroid dienone is 5. The van der Waals surface area contributed by atoms with Crippen molar-refractivity contribution in [1.29, 1.82) is 0 Å². The van der Waals surface area contributed by atoms with Crippen LogP contribution in [0.1, 0.15) is 55.7 Å². The SMILES string of the molecule is CC1(C)C2=[N+]([O-])c3c(C4=CC(c5ccccc5)CC=C4)cccc3C2=C[C@]23NC(C12)[C@]1(C=O)CCCN1C3=O. The highest BCUT2D eigenvalue weighted by Gasteiger charge is 2.78. The van der Waals surface area contributed by atoms with E-state index in [4.69, 9.17) is 0 Å². The lowest BCUT2D eigenvalue weighted by atomic mass is 9.47. The Kier molecular flexibility index (Phi) is 4.42. The summed E-state index contributed by atoms with van der Waals surface area (Å²) in [7, 11) is 0. The van der Waals surface area contributed by atoms with Crippen LogP contribution in [0.25, 0.3) is 11.1 Å². The van der Waals surface area contributed by atoms with E-state index in [0.717, 1.165) is 46.1 Å². The van der Waals surface area contributed by atoms with E-state index in [9.17, 15) is 14.8 Å². The Hall–Kier alpha value is -3.77. The van der Waals surface area contributed by atoms with Gasteiger partial charge in [-0.2, -0.15) is 4.74 Å². The molecule has 6 heteroatoms. The predicted octanol–water partition coefficient (Wildman–Crippen LogP) is 4.73. The molecule has 2 aliphatic carbocycles. The predicted molar refractivity (Wildman–Crippen MR) is 150 cm³/mol. The van der Waals surface area contributed by atoms with Crippen molar-refractivity contribution in [3.05, 3.63) is 94.7 Å². The van der Waals surface area contributed by atoms with E-state index >= 15 is 0 Å². The third-order valence-corrected chi connectivity index (χ3v) is 10.4. The summed E-state index contributed by atoms with van der Waals surface area (Å²) in [5, 5.41) is 17.9. The van der Waals surface area contributed by atoms with Crippen LogP contribution in [0, 0.1) is 16.5 Å². The lowest BCUT2D eigenvalue weighted by Crippen LogP contribution is -2.92. The molecule has 9 rings (SSSR count). The number of hydrogen-bond donors (Lipinski definition) is 1. The van der Waals surface area contributed by atoms with Crippen LogP contribution >= 0.6 is 0 Å². The Bertz CT molecular complexity index is 1600. The van der Waals surface area contributed by atoms with Gasteiger partial charge in [-0.15, -0.1) is 0 Å². The number of carbonyl (C=O) groups excluding carboxylic acids is 2. The number of nitrogens with one attached hydrogen (secondary N) is 1. The summed E-state index contributed by atoms with van der Waals surface area (Å²) in [5.41, 5.74) is 3.99. The van der Waals surface area contributed by atoms with E-state index in [2.05, 4.69) is 61.7 Å². The molecule has 196 valence electrons. The number of para-hydroxylation sites is 1. The molecule has 0 radical (unpaired) electrons. The minimum atomic E-state index is -0.884. The highest BCUT2D eigenvalue weighted by molar-refractivity contribution is 6.30. The van der Waals surface area contributed by atoms with Crippen LogP contribution in [-0.4, -0.2) is 51.2 Å². The van der Waals surface area contributed by atoms with Gasteiger partial charge >= 0.3 is 0 Å². The van der Waals surface area contributed by atoms with Crippen LogP contribution in [0.3, 0.4) is 0 Å². The molecule has 1 spiro atoms. The van der Waals surface area contributed by atoms with Crippen molar-refractivity contribution < 1.29 is 14.3 Å². The first-order valence-electron chi connectivity index (χ1n) is 14.0. The summed E-state index contributed by atoms with van der Waals surface area (Å²) in [6, 6.07) is 16.4. The fourth-order valence-corrected chi connectivity index (χ4v) is 8.77. The summed E-state index contributed by atoms with van der Waals surface area (Å²) < 4.78 is 1.13. The molecule has 5 aliphatic heterocycles. The van der Waals surface area contributed by atoms with Crippen molar-refractivity contribution in [1.82, 2.24) is 10.2 Å². The molecule has 7 aliphatic rings.